The van der Waals surface area contributed by atoms with Crippen molar-refractivity contribution in [1.29, 1.82) is 0 Å². The Morgan fingerprint density at radius 2 is 1.95 bits per heavy atom. The predicted octanol–water partition coefficient (Wildman–Crippen LogP) is 2.99. The molecule has 0 aromatic heterocycles. The van der Waals surface area contributed by atoms with Gasteiger partial charge < -0.3 is 9.80 Å². The van der Waals surface area contributed by atoms with E-state index in [1.165, 1.54) is 0 Å². The van der Waals surface area contributed by atoms with Crippen LogP contribution in [0, 0.1) is 12.8 Å². The molecule has 1 aromatic carbocycles. The normalized spacial score (nSPS) is 18.7. The average Bonchev–Trinajstić information content (AvgIpc) is 2.83. The highest BCUT2D eigenvalue weighted by molar-refractivity contribution is 5.99. The van der Waals surface area contributed by atoms with Crippen molar-refractivity contribution in [1.82, 2.24) is 4.90 Å². The summed E-state index contributed by atoms with van der Waals surface area (Å²) in [4.78, 5) is 28.7. The van der Waals surface area contributed by atoms with Crippen molar-refractivity contribution in [3.63, 3.8) is 0 Å². The summed E-state index contributed by atoms with van der Waals surface area (Å²) in [6, 6.07) is 7.89. The summed E-state index contributed by atoms with van der Waals surface area (Å²) >= 11 is 0. The molecule has 0 aliphatic carbocycles. The van der Waals surface area contributed by atoms with Crippen LogP contribution in [0.2, 0.25) is 0 Å². The van der Waals surface area contributed by atoms with Crippen molar-refractivity contribution < 1.29 is 9.59 Å². The van der Waals surface area contributed by atoms with Crippen LogP contribution in [0.25, 0.3) is 0 Å². The summed E-state index contributed by atoms with van der Waals surface area (Å²) in [5, 5.41) is 0. The van der Waals surface area contributed by atoms with Gasteiger partial charge in [0.1, 0.15) is 0 Å². The molecule has 120 valence electrons. The lowest BCUT2D eigenvalue weighted by Crippen LogP contribution is -2.43. The second-order valence-corrected chi connectivity index (χ2v) is 6.95. The Morgan fingerprint density at radius 3 is 2.45 bits per heavy atom. The van der Waals surface area contributed by atoms with Gasteiger partial charge in [0.25, 0.3) is 0 Å². The number of likely N-dealkylation sites (tertiary alicyclic amines) is 1. The first-order valence-electron chi connectivity index (χ1n) is 7.93. The third-order valence-electron chi connectivity index (χ3n) is 4.27. The third kappa shape index (κ3) is 3.16. The molecular weight excluding hydrogens is 276 g/mol. The van der Waals surface area contributed by atoms with Gasteiger partial charge in [0.05, 0.1) is 5.92 Å². The zero-order valence-electron chi connectivity index (χ0n) is 14.2. The van der Waals surface area contributed by atoms with Gasteiger partial charge >= 0.3 is 0 Å². The number of amides is 2. The van der Waals surface area contributed by atoms with Gasteiger partial charge in [-0.3, -0.25) is 9.59 Å². The highest BCUT2D eigenvalue weighted by atomic mass is 16.2. The Balaban J connectivity index is 2.21. The van der Waals surface area contributed by atoms with E-state index in [0.717, 1.165) is 11.3 Å². The first kappa shape index (κ1) is 16.5. The highest BCUT2D eigenvalue weighted by Gasteiger charge is 2.40. The maximum atomic E-state index is 12.9. The Morgan fingerprint density at radius 1 is 1.32 bits per heavy atom. The first-order chi connectivity index (χ1) is 10.3. The van der Waals surface area contributed by atoms with Crippen molar-refractivity contribution >= 4 is 17.5 Å². The van der Waals surface area contributed by atoms with E-state index < -0.39 is 0 Å². The largest absolute Gasteiger partial charge is 0.337 e. The molecule has 0 N–H and O–H groups in total. The minimum absolute atomic E-state index is 0.0527. The molecule has 4 heteroatoms. The van der Waals surface area contributed by atoms with Crippen molar-refractivity contribution in [2.24, 2.45) is 5.92 Å². The van der Waals surface area contributed by atoms with Gasteiger partial charge in [0.2, 0.25) is 11.8 Å². The van der Waals surface area contributed by atoms with Crippen LogP contribution in [0.15, 0.2) is 24.3 Å². The summed E-state index contributed by atoms with van der Waals surface area (Å²) < 4.78 is 0. The van der Waals surface area contributed by atoms with E-state index in [-0.39, 0.29) is 23.3 Å². The lowest BCUT2D eigenvalue weighted by Gasteiger charge is -2.32. The van der Waals surface area contributed by atoms with E-state index in [1.807, 2.05) is 63.8 Å². The van der Waals surface area contributed by atoms with E-state index in [2.05, 4.69) is 0 Å². The van der Waals surface area contributed by atoms with E-state index >= 15 is 0 Å². The number of aryl methyl sites for hydroxylation is 1. The number of rotatable bonds is 3. The number of hydrogen-bond acceptors (Lipinski definition) is 2. The van der Waals surface area contributed by atoms with Crippen molar-refractivity contribution in [3.05, 3.63) is 29.8 Å². The van der Waals surface area contributed by atoms with Crippen LogP contribution >= 0.6 is 0 Å². The molecule has 0 radical (unpaired) electrons. The zero-order chi connectivity index (χ0) is 16.5. The molecule has 22 heavy (non-hydrogen) atoms. The summed E-state index contributed by atoms with van der Waals surface area (Å²) in [6.45, 7) is 11.1. The fourth-order valence-corrected chi connectivity index (χ4v) is 3.05. The quantitative estimate of drug-likeness (QED) is 0.861. The Hall–Kier alpha value is -1.84. The second kappa shape index (κ2) is 6.11. The van der Waals surface area contributed by atoms with Crippen LogP contribution in [0.1, 0.15) is 39.7 Å². The predicted molar refractivity (Wildman–Crippen MR) is 88.8 cm³/mol. The van der Waals surface area contributed by atoms with Gasteiger partial charge in [0.15, 0.2) is 0 Å². The van der Waals surface area contributed by atoms with Gasteiger partial charge in [-0.05, 0) is 46.2 Å². The van der Waals surface area contributed by atoms with E-state index in [4.69, 9.17) is 0 Å². The fraction of sp³-hybridized carbons (Fsp3) is 0.556. The maximum absolute atomic E-state index is 12.9. The second-order valence-electron chi connectivity index (χ2n) is 6.95. The number of benzene rings is 1. The van der Waals surface area contributed by atoms with Crippen LogP contribution in [0.5, 0.6) is 0 Å². The van der Waals surface area contributed by atoms with Crippen LogP contribution in [0.3, 0.4) is 0 Å². The van der Waals surface area contributed by atoms with E-state index in [0.29, 0.717) is 19.5 Å². The number of para-hydroxylation sites is 1. The molecule has 1 aliphatic rings. The van der Waals surface area contributed by atoms with Gasteiger partial charge in [-0.2, -0.15) is 0 Å². The molecule has 1 atom stereocenters. The summed E-state index contributed by atoms with van der Waals surface area (Å²) in [7, 11) is 0. The fourth-order valence-electron chi connectivity index (χ4n) is 3.05. The highest BCUT2D eigenvalue weighted by Crippen LogP contribution is 2.29. The monoisotopic (exact) mass is 302 g/mol. The summed E-state index contributed by atoms with van der Waals surface area (Å²) in [5.74, 6) is -0.116. The Bertz CT molecular complexity index is 575. The smallest absolute Gasteiger partial charge is 0.232 e. The standard InChI is InChI=1S/C18H26N2O2/c1-6-19(15-10-8-7-9-13(15)2)17(22)14-11-16(21)20(12-14)18(3,4)5/h7-10,14H,6,11-12H2,1-5H3/t14-/m1/s1. The molecule has 1 fully saturated rings. The van der Waals surface area contributed by atoms with Crippen LogP contribution in [0.4, 0.5) is 5.69 Å². The Labute approximate surface area is 133 Å². The van der Waals surface area contributed by atoms with E-state index in [1.54, 1.807) is 4.90 Å². The van der Waals surface area contributed by atoms with Crippen molar-refractivity contribution in [3.8, 4) is 0 Å². The molecule has 1 aromatic rings. The number of nitrogens with zero attached hydrogens (tertiary/aromatic N) is 2. The van der Waals surface area contributed by atoms with Gasteiger partial charge in [-0.25, -0.2) is 0 Å². The first-order valence-corrected chi connectivity index (χ1v) is 7.93. The molecule has 4 nitrogen and oxygen atoms in total. The third-order valence-corrected chi connectivity index (χ3v) is 4.27. The molecule has 1 aliphatic heterocycles. The lowest BCUT2D eigenvalue weighted by molar-refractivity contribution is -0.131. The topological polar surface area (TPSA) is 40.6 Å². The molecule has 2 rings (SSSR count). The number of anilines is 1. The molecule has 1 saturated heterocycles. The SMILES string of the molecule is CCN(C(=O)[C@@H]1CC(=O)N(C(C)(C)C)C1)c1ccccc1C. The Kier molecular flexibility index (Phi) is 4.59. The van der Waals surface area contributed by atoms with Gasteiger partial charge in [0, 0.05) is 30.7 Å². The number of hydrogen-bond donors (Lipinski definition) is 0. The van der Waals surface area contributed by atoms with E-state index in [9.17, 15) is 9.59 Å². The number of carbonyl (C=O) groups excluding carboxylic acids is 2. The van der Waals surface area contributed by atoms with Crippen molar-refractivity contribution in [2.75, 3.05) is 18.0 Å². The molecule has 0 saturated carbocycles. The minimum atomic E-state index is -0.244. The molecule has 0 unspecified atom stereocenters. The summed E-state index contributed by atoms with van der Waals surface area (Å²) in [6.07, 6.45) is 0.318. The molecular formula is C18H26N2O2. The van der Waals surface area contributed by atoms with Gasteiger partial charge in [-0.15, -0.1) is 0 Å². The lowest BCUT2D eigenvalue weighted by atomic mass is 10.0. The van der Waals surface area contributed by atoms with Crippen LogP contribution in [-0.4, -0.2) is 35.3 Å². The van der Waals surface area contributed by atoms with Gasteiger partial charge in [-0.1, -0.05) is 18.2 Å². The molecule has 0 bridgehead atoms. The summed E-state index contributed by atoms with van der Waals surface area (Å²) in [5.41, 5.74) is 1.79. The maximum Gasteiger partial charge on any atom is 0.232 e. The average molecular weight is 302 g/mol. The van der Waals surface area contributed by atoms with Crippen molar-refractivity contribution in [2.45, 2.75) is 46.6 Å². The van der Waals surface area contributed by atoms with Crippen LogP contribution in [-0.2, 0) is 9.59 Å². The molecule has 1 heterocycles. The molecule has 0 spiro atoms. The zero-order valence-corrected chi connectivity index (χ0v) is 14.2. The molecule has 2 amide bonds. The minimum Gasteiger partial charge on any atom is -0.337 e. The number of carbonyl (C=O) groups is 2. The van der Waals surface area contributed by atoms with Crippen LogP contribution < -0.4 is 4.90 Å².